The fourth-order valence-electron chi connectivity index (χ4n) is 6.07. The second kappa shape index (κ2) is 4.85. The van der Waals surface area contributed by atoms with Crippen molar-refractivity contribution in [2.45, 2.75) is 91.6 Å². The fourth-order valence-corrected chi connectivity index (χ4v) is 6.07. The molecule has 1 heteroatoms. The Bertz CT molecular complexity index is 451. The van der Waals surface area contributed by atoms with Crippen LogP contribution in [0.15, 0.2) is 11.1 Å². The summed E-state index contributed by atoms with van der Waals surface area (Å²) in [7, 11) is 0. The number of rotatable bonds is 1. The van der Waals surface area contributed by atoms with Crippen LogP contribution in [0.2, 0.25) is 0 Å². The summed E-state index contributed by atoms with van der Waals surface area (Å²) in [6, 6.07) is 0. The van der Waals surface area contributed by atoms with Gasteiger partial charge in [-0.1, -0.05) is 38.3 Å². The quantitative estimate of drug-likeness (QED) is 0.634. The lowest BCUT2D eigenvalue weighted by Gasteiger charge is -2.57. The van der Waals surface area contributed by atoms with Crippen LogP contribution in [0.1, 0.15) is 86.0 Å². The van der Waals surface area contributed by atoms with Crippen molar-refractivity contribution < 1.29 is 5.11 Å². The number of hydrogen-bond donors (Lipinski definition) is 1. The minimum absolute atomic E-state index is 0.458. The molecule has 3 aliphatic rings. The largest absolute Gasteiger partial charge is 0.390 e. The van der Waals surface area contributed by atoms with Gasteiger partial charge in [0, 0.05) is 0 Å². The van der Waals surface area contributed by atoms with Crippen LogP contribution in [0, 0.1) is 22.7 Å². The molecule has 3 aliphatic carbocycles. The molecule has 1 fully saturated rings. The van der Waals surface area contributed by atoms with Gasteiger partial charge in [-0.15, -0.1) is 0 Å². The Hall–Kier alpha value is -0.300. The van der Waals surface area contributed by atoms with E-state index in [1.807, 2.05) is 19.4 Å². The standard InChI is InChI=1S/C20H34O/c1-18(2)11-6-12-20(5)16-9-8-15(19(3,4)21)13-14(16)7-10-17(18)20/h15,17,21H,6-13H2,1-5H3/t15-,17+,20-/m1/s1. The van der Waals surface area contributed by atoms with Crippen molar-refractivity contribution in [3.63, 3.8) is 0 Å². The molecule has 21 heavy (non-hydrogen) atoms. The number of allylic oxidation sites excluding steroid dienone is 2. The third-order valence-corrected chi connectivity index (χ3v) is 7.32. The molecule has 120 valence electrons. The van der Waals surface area contributed by atoms with Crippen molar-refractivity contribution in [1.29, 1.82) is 0 Å². The first kappa shape index (κ1) is 15.6. The van der Waals surface area contributed by atoms with Gasteiger partial charge < -0.3 is 5.11 Å². The zero-order valence-corrected chi connectivity index (χ0v) is 14.8. The topological polar surface area (TPSA) is 20.2 Å². The average Bonchev–Trinajstić information content (AvgIpc) is 2.36. The van der Waals surface area contributed by atoms with E-state index in [0.717, 1.165) is 12.3 Å². The molecule has 0 bridgehead atoms. The summed E-state index contributed by atoms with van der Waals surface area (Å²) in [5.74, 6) is 1.34. The third-order valence-electron chi connectivity index (χ3n) is 7.32. The van der Waals surface area contributed by atoms with E-state index < -0.39 is 5.60 Å². The molecular weight excluding hydrogens is 256 g/mol. The first-order chi connectivity index (χ1) is 9.64. The molecule has 0 aliphatic heterocycles. The Kier molecular flexibility index (Phi) is 3.60. The lowest BCUT2D eigenvalue weighted by atomic mass is 9.48. The zero-order chi connectivity index (χ0) is 15.5. The first-order valence-electron chi connectivity index (χ1n) is 9.08. The number of aliphatic hydroxyl groups is 1. The highest BCUT2D eigenvalue weighted by Gasteiger charge is 2.51. The van der Waals surface area contributed by atoms with Gasteiger partial charge in [-0.25, -0.2) is 0 Å². The molecule has 0 aromatic heterocycles. The van der Waals surface area contributed by atoms with Crippen molar-refractivity contribution in [2.24, 2.45) is 22.7 Å². The molecule has 3 rings (SSSR count). The van der Waals surface area contributed by atoms with E-state index in [-0.39, 0.29) is 0 Å². The van der Waals surface area contributed by atoms with E-state index in [1.54, 1.807) is 5.57 Å². The van der Waals surface area contributed by atoms with Crippen molar-refractivity contribution >= 4 is 0 Å². The molecule has 0 unspecified atom stereocenters. The molecule has 1 saturated carbocycles. The molecule has 1 N–H and O–H groups in total. The van der Waals surface area contributed by atoms with Gasteiger partial charge in [0.1, 0.15) is 0 Å². The van der Waals surface area contributed by atoms with E-state index in [9.17, 15) is 5.11 Å². The lowest BCUT2D eigenvalue weighted by molar-refractivity contribution is -0.0123. The summed E-state index contributed by atoms with van der Waals surface area (Å²) in [6.45, 7) is 11.6. The maximum absolute atomic E-state index is 10.4. The van der Waals surface area contributed by atoms with Crippen LogP contribution in [0.5, 0.6) is 0 Å². The van der Waals surface area contributed by atoms with Crippen LogP contribution in [0.25, 0.3) is 0 Å². The Morgan fingerprint density at radius 1 is 1.05 bits per heavy atom. The molecule has 0 amide bonds. The molecule has 0 saturated heterocycles. The van der Waals surface area contributed by atoms with Crippen molar-refractivity contribution in [2.75, 3.05) is 0 Å². The third kappa shape index (κ3) is 2.50. The second-order valence-electron chi connectivity index (χ2n) is 9.53. The summed E-state index contributed by atoms with van der Waals surface area (Å²) in [4.78, 5) is 0. The van der Waals surface area contributed by atoms with Crippen LogP contribution in [0.3, 0.4) is 0 Å². The van der Waals surface area contributed by atoms with Gasteiger partial charge in [0.15, 0.2) is 0 Å². The maximum atomic E-state index is 10.4. The van der Waals surface area contributed by atoms with Gasteiger partial charge in [-0.05, 0) is 81.5 Å². The Labute approximate surface area is 131 Å². The molecule has 3 atom stereocenters. The van der Waals surface area contributed by atoms with Crippen LogP contribution in [0.4, 0.5) is 0 Å². The summed E-state index contributed by atoms with van der Waals surface area (Å²) < 4.78 is 0. The van der Waals surface area contributed by atoms with Gasteiger partial charge in [0.25, 0.3) is 0 Å². The normalized spacial score (nSPS) is 39.7. The number of hydrogen-bond acceptors (Lipinski definition) is 1. The van der Waals surface area contributed by atoms with Crippen LogP contribution in [-0.4, -0.2) is 10.7 Å². The predicted octanol–water partition coefficient (Wildman–Crippen LogP) is 5.48. The minimum Gasteiger partial charge on any atom is -0.390 e. The monoisotopic (exact) mass is 290 g/mol. The van der Waals surface area contributed by atoms with Gasteiger partial charge >= 0.3 is 0 Å². The summed E-state index contributed by atoms with van der Waals surface area (Å²) >= 11 is 0. The van der Waals surface area contributed by atoms with Crippen LogP contribution >= 0.6 is 0 Å². The van der Waals surface area contributed by atoms with Crippen LogP contribution < -0.4 is 0 Å². The van der Waals surface area contributed by atoms with E-state index in [1.165, 1.54) is 44.9 Å². The molecule has 0 aromatic carbocycles. The van der Waals surface area contributed by atoms with E-state index in [4.69, 9.17) is 0 Å². The van der Waals surface area contributed by atoms with Gasteiger partial charge in [-0.2, -0.15) is 0 Å². The molecule has 0 heterocycles. The highest BCUT2D eigenvalue weighted by atomic mass is 16.3. The predicted molar refractivity (Wildman–Crippen MR) is 89.1 cm³/mol. The van der Waals surface area contributed by atoms with E-state index >= 15 is 0 Å². The fraction of sp³-hybridized carbons (Fsp3) is 0.900. The second-order valence-corrected chi connectivity index (χ2v) is 9.53. The summed E-state index contributed by atoms with van der Waals surface area (Å²) in [5.41, 5.74) is 4.00. The van der Waals surface area contributed by atoms with Crippen LogP contribution in [-0.2, 0) is 0 Å². The van der Waals surface area contributed by atoms with E-state index in [0.29, 0.717) is 16.7 Å². The molecule has 1 nitrogen and oxygen atoms in total. The molecule has 0 spiro atoms. The Morgan fingerprint density at radius 3 is 2.43 bits per heavy atom. The first-order valence-corrected chi connectivity index (χ1v) is 9.08. The lowest BCUT2D eigenvalue weighted by Crippen LogP contribution is -2.47. The average molecular weight is 290 g/mol. The number of fused-ring (bicyclic) bond motifs is 2. The maximum Gasteiger partial charge on any atom is 0.0622 e. The Morgan fingerprint density at radius 2 is 1.76 bits per heavy atom. The van der Waals surface area contributed by atoms with Gasteiger partial charge in [0.2, 0.25) is 0 Å². The van der Waals surface area contributed by atoms with Gasteiger partial charge in [-0.3, -0.25) is 0 Å². The SMILES string of the molecule is CC(C)(O)[C@@H]1CCC2=C(CC[C@H]3C(C)(C)CCC[C@]23C)C1. The highest BCUT2D eigenvalue weighted by molar-refractivity contribution is 5.31. The van der Waals surface area contributed by atoms with Crippen molar-refractivity contribution in [1.82, 2.24) is 0 Å². The van der Waals surface area contributed by atoms with Gasteiger partial charge in [0.05, 0.1) is 5.60 Å². The van der Waals surface area contributed by atoms with Crippen molar-refractivity contribution in [3.8, 4) is 0 Å². The van der Waals surface area contributed by atoms with E-state index in [2.05, 4.69) is 20.8 Å². The smallest absolute Gasteiger partial charge is 0.0622 e. The zero-order valence-electron chi connectivity index (χ0n) is 14.8. The Balaban J connectivity index is 1.92. The van der Waals surface area contributed by atoms with Crippen molar-refractivity contribution in [3.05, 3.63) is 11.1 Å². The molecular formula is C20H34O. The summed E-state index contributed by atoms with van der Waals surface area (Å²) in [5, 5.41) is 10.4. The summed E-state index contributed by atoms with van der Waals surface area (Å²) in [6.07, 6.45) is 10.5. The molecule has 0 aromatic rings. The minimum atomic E-state index is -0.512. The molecule has 0 radical (unpaired) electrons. The highest BCUT2D eigenvalue weighted by Crippen LogP contribution is 2.62.